The predicted molar refractivity (Wildman–Crippen MR) is 70.0 cm³/mol. The SMILES string of the molecule is CNc1cc(C(F)(F)F)cc(Oc2cccc(C)c2)n1. The molecule has 2 rings (SSSR count). The van der Waals surface area contributed by atoms with Crippen molar-refractivity contribution in [3.05, 3.63) is 47.5 Å². The number of anilines is 1. The van der Waals surface area contributed by atoms with E-state index in [1.54, 1.807) is 18.2 Å². The summed E-state index contributed by atoms with van der Waals surface area (Å²) < 4.78 is 43.7. The second kappa shape index (κ2) is 5.40. The molecule has 20 heavy (non-hydrogen) atoms. The number of ether oxygens (including phenoxy) is 1. The third kappa shape index (κ3) is 3.40. The van der Waals surface area contributed by atoms with Crippen molar-refractivity contribution in [2.75, 3.05) is 12.4 Å². The smallest absolute Gasteiger partial charge is 0.416 e. The minimum absolute atomic E-state index is 0.0995. The van der Waals surface area contributed by atoms with E-state index in [-0.39, 0.29) is 11.7 Å². The molecule has 0 radical (unpaired) electrons. The Balaban J connectivity index is 2.36. The van der Waals surface area contributed by atoms with Gasteiger partial charge in [0.1, 0.15) is 11.6 Å². The number of alkyl halides is 3. The average Bonchev–Trinajstić information content (AvgIpc) is 2.37. The number of aromatic nitrogens is 1. The number of aryl methyl sites for hydroxylation is 1. The zero-order valence-electron chi connectivity index (χ0n) is 11.0. The molecule has 1 aromatic carbocycles. The molecule has 0 fully saturated rings. The first-order valence-electron chi connectivity index (χ1n) is 5.90. The predicted octanol–water partition coefficient (Wildman–Crippen LogP) is 4.24. The van der Waals surface area contributed by atoms with Gasteiger partial charge in [-0.3, -0.25) is 0 Å². The number of hydrogen-bond donors (Lipinski definition) is 1. The van der Waals surface area contributed by atoms with Gasteiger partial charge in [0.15, 0.2) is 0 Å². The van der Waals surface area contributed by atoms with Crippen molar-refractivity contribution >= 4 is 5.82 Å². The molecule has 0 spiro atoms. The Morgan fingerprint density at radius 1 is 1.15 bits per heavy atom. The van der Waals surface area contributed by atoms with Crippen molar-refractivity contribution in [3.63, 3.8) is 0 Å². The lowest BCUT2D eigenvalue weighted by atomic mass is 10.2. The second-order valence-corrected chi connectivity index (χ2v) is 4.25. The number of pyridine rings is 1. The molecular weight excluding hydrogens is 269 g/mol. The molecule has 0 amide bonds. The van der Waals surface area contributed by atoms with Crippen LogP contribution in [-0.2, 0) is 6.18 Å². The van der Waals surface area contributed by atoms with Gasteiger partial charge in [0.2, 0.25) is 5.88 Å². The first-order valence-corrected chi connectivity index (χ1v) is 5.90. The van der Waals surface area contributed by atoms with Crippen molar-refractivity contribution in [3.8, 4) is 11.6 Å². The van der Waals surface area contributed by atoms with E-state index in [4.69, 9.17) is 4.74 Å². The Morgan fingerprint density at radius 3 is 2.50 bits per heavy atom. The number of halogens is 3. The summed E-state index contributed by atoms with van der Waals surface area (Å²) in [5.41, 5.74) is 0.141. The summed E-state index contributed by atoms with van der Waals surface area (Å²) in [4.78, 5) is 3.96. The van der Waals surface area contributed by atoms with E-state index in [1.165, 1.54) is 7.05 Å². The third-order valence-electron chi connectivity index (χ3n) is 2.60. The summed E-state index contributed by atoms with van der Waals surface area (Å²) in [6.45, 7) is 1.87. The Kier molecular flexibility index (Phi) is 3.83. The molecule has 0 saturated heterocycles. The summed E-state index contributed by atoms with van der Waals surface area (Å²) >= 11 is 0. The van der Waals surface area contributed by atoms with Crippen LogP contribution in [0.4, 0.5) is 19.0 Å². The van der Waals surface area contributed by atoms with Crippen LogP contribution < -0.4 is 10.1 Å². The van der Waals surface area contributed by atoms with Crippen LogP contribution in [0.3, 0.4) is 0 Å². The fourth-order valence-electron chi connectivity index (χ4n) is 1.65. The van der Waals surface area contributed by atoms with E-state index in [9.17, 15) is 13.2 Å². The fourth-order valence-corrected chi connectivity index (χ4v) is 1.65. The fraction of sp³-hybridized carbons (Fsp3) is 0.214. The largest absolute Gasteiger partial charge is 0.439 e. The molecule has 0 aliphatic heterocycles. The first-order chi connectivity index (χ1) is 9.38. The molecule has 0 aliphatic rings. The molecule has 106 valence electrons. The Hall–Kier alpha value is -2.24. The molecule has 1 N–H and O–H groups in total. The molecule has 0 bridgehead atoms. The highest BCUT2D eigenvalue weighted by Crippen LogP contribution is 2.33. The van der Waals surface area contributed by atoms with Gasteiger partial charge in [0, 0.05) is 13.1 Å². The van der Waals surface area contributed by atoms with Crippen LogP contribution in [-0.4, -0.2) is 12.0 Å². The van der Waals surface area contributed by atoms with Crippen molar-refractivity contribution < 1.29 is 17.9 Å². The molecule has 0 saturated carbocycles. The summed E-state index contributed by atoms with van der Waals surface area (Å²) in [6, 6.07) is 8.82. The number of rotatable bonds is 3. The van der Waals surface area contributed by atoms with Crippen LogP contribution in [0.5, 0.6) is 11.6 Å². The molecule has 3 nitrogen and oxygen atoms in total. The second-order valence-electron chi connectivity index (χ2n) is 4.25. The molecule has 6 heteroatoms. The number of hydrogen-bond acceptors (Lipinski definition) is 3. The van der Waals surface area contributed by atoms with Crippen molar-refractivity contribution in [2.24, 2.45) is 0 Å². The normalized spacial score (nSPS) is 11.2. The number of benzene rings is 1. The average molecular weight is 282 g/mol. The summed E-state index contributed by atoms with van der Waals surface area (Å²) in [5.74, 6) is 0.441. The minimum atomic E-state index is -4.45. The molecule has 2 aromatic rings. The Labute approximate surface area is 114 Å². The van der Waals surface area contributed by atoms with Crippen molar-refractivity contribution in [1.82, 2.24) is 4.98 Å². The summed E-state index contributed by atoms with van der Waals surface area (Å²) in [6.07, 6.45) is -4.45. The molecule has 0 unspecified atom stereocenters. The first kappa shape index (κ1) is 14.2. The van der Waals surface area contributed by atoms with E-state index in [0.717, 1.165) is 17.7 Å². The van der Waals surface area contributed by atoms with Crippen LogP contribution >= 0.6 is 0 Å². The molecule has 1 heterocycles. The maximum atomic E-state index is 12.8. The van der Waals surface area contributed by atoms with Crippen LogP contribution in [0, 0.1) is 6.92 Å². The van der Waals surface area contributed by atoms with Crippen LogP contribution in [0.1, 0.15) is 11.1 Å². The monoisotopic (exact) mass is 282 g/mol. The standard InChI is InChI=1S/C14H13F3N2O/c1-9-4-3-5-11(6-9)20-13-8-10(14(15,16)17)7-12(18-2)19-13/h3-8H,1-2H3,(H,18,19). The van der Waals surface area contributed by atoms with E-state index in [2.05, 4.69) is 10.3 Å². The van der Waals surface area contributed by atoms with E-state index < -0.39 is 11.7 Å². The van der Waals surface area contributed by atoms with Gasteiger partial charge in [0.25, 0.3) is 0 Å². The van der Waals surface area contributed by atoms with Gasteiger partial charge in [-0.05, 0) is 30.7 Å². The number of nitrogens with one attached hydrogen (secondary N) is 1. The van der Waals surface area contributed by atoms with E-state index >= 15 is 0 Å². The van der Waals surface area contributed by atoms with Gasteiger partial charge < -0.3 is 10.1 Å². The molecule has 0 atom stereocenters. The maximum absolute atomic E-state index is 12.8. The van der Waals surface area contributed by atoms with Crippen LogP contribution in [0.25, 0.3) is 0 Å². The Bertz CT molecular complexity index is 612. The summed E-state index contributed by atoms with van der Waals surface area (Å²) in [7, 11) is 1.50. The van der Waals surface area contributed by atoms with Gasteiger partial charge >= 0.3 is 6.18 Å². The lowest BCUT2D eigenvalue weighted by Gasteiger charge is -2.12. The topological polar surface area (TPSA) is 34.1 Å². The van der Waals surface area contributed by atoms with E-state index in [1.807, 2.05) is 13.0 Å². The quantitative estimate of drug-likeness (QED) is 0.914. The van der Waals surface area contributed by atoms with Crippen LogP contribution in [0.2, 0.25) is 0 Å². The van der Waals surface area contributed by atoms with Gasteiger partial charge in [-0.2, -0.15) is 18.2 Å². The van der Waals surface area contributed by atoms with Crippen molar-refractivity contribution in [1.29, 1.82) is 0 Å². The molecule has 0 aliphatic carbocycles. The lowest BCUT2D eigenvalue weighted by Crippen LogP contribution is -2.07. The van der Waals surface area contributed by atoms with Crippen molar-refractivity contribution in [2.45, 2.75) is 13.1 Å². The molecule has 1 aromatic heterocycles. The highest BCUT2D eigenvalue weighted by atomic mass is 19.4. The highest BCUT2D eigenvalue weighted by molar-refractivity contribution is 5.43. The number of nitrogens with zero attached hydrogens (tertiary/aromatic N) is 1. The zero-order valence-corrected chi connectivity index (χ0v) is 11.0. The van der Waals surface area contributed by atoms with Gasteiger partial charge in [-0.25, -0.2) is 0 Å². The van der Waals surface area contributed by atoms with Gasteiger partial charge in [-0.1, -0.05) is 12.1 Å². The van der Waals surface area contributed by atoms with Gasteiger partial charge in [0.05, 0.1) is 5.56 Å². The minimum Gasteiger partial charge on any atom is -0.439 e. The zero-order chi connectivity index (χ0) is 14.8. The lowest BCUT2D eigenvalue weighted by molar-refractivity contribution is -0.137. The van der Waals surface area contributed by atoms with Crippen LogP contribution in [0.15, 0.2) is 36.4 Å². The summed E-state index contributed by atoms with van der Waals surface area (Å²) in [5, 5.41) is 2.59. The molecular formula is C14H13F3N2O. The van der Waals surface area contributed by atoms with Gasteiger partial charge in [-0.15, -0.1) is 0 Å². The highest BCUT2D eigenvalue weighted by Gasteiger charge is 2.32. The maximum Gasteiger partial charge on any atom is 0.416 e. The Morgan fingerprint density at radius 2 is 1.90 bits per heavy atom. The van der Waals surface area contributed by atoms with E-state index in [0.29, 0.717) is 5.75 Å². The third-order valence-corrected chi connectivity index (χ3v) is 2.60.